The summed E-state index contributed by atoms with van der Waals surface area (Å²) in [6.07, 6.45) is 1.99. The molecule has 0 spiro atoms. The fourth-order valence-corrected chi connectivity index (χ4v) is 4.08. The predicted octanol–water partition coefficient (Wildman–Crippen LogP) is 5.38. The maximum atomic E-state index is 13.7. The van der Waals surface area contributed by atoms with E-state index in [1.165, 1.54) is 9.24 Å². The van der Waals surface area contributed by atoms with Crippen LogP contribution in [-0.2, 0) is 16.0 Å². The second-order valence-electron chi connectivity index (χ2n) is 9.69. The molecule has 4 rings (SSSR count). The number of rotatable bonds is 7. The van der Waals surface area contributed by atoms with Crippen LogP contribution in [0.2, 0.25) is 0 Å². The van der Waals surface area contributed by atoms with Gasteiger partial charge in [-0.3, -0.25) is 4.57 Å². The monoisotopic (exact) mass is 481 g/mol. The fourth-order valence-electron chi connectivity index (χ4n) is 4.08. The molecule has 184 valence electrons. The average molecular weight is 482 g/mol. The topological polar surface area (TPSA) is 65.6 Å². The van der Waals surface area contributed by atoms with Crippen LogP contribution in [0.3, 0.4) is 0 Å². The molecule has 3 aromatic carbocycles. The first-order valence-corrected chi connectivity index (χ1v) is 12.0. The number of benzene rings is 3. The van der Waals surface area contributed by atoms with Crippen molar-refractivity contribution in [1.82, 2.24) is 9.24 Å². The van der Waals surface area contributed by atoms with E-state index in [1.54, 1.807) is 13.1 Å². The van der Waals surface area contributed by atoms with Crippen molar-refractivity contribution in [2.45, 2.75) is 45.8 Å². The first-order chi connectivity index (χ1) is 17.2. The summed E-state index contributed by atoms with van der Waals surface area (Å²) < 4.78 is 8.52. The third-order valence-corrected chi connectivity index (χ3v) is 5.66. The van der Waals surface area contributed by atoms with E-state index in [4.69, 9.17) is 9.84 Å². The van der Waals surface area contributed by atoms with Crippen LogP contribution in [0.1, 0.15) is 49.2 Å². The molecule has 0 unspecified atom stereocenters. The zero-order chi connectivity index (χ0) is 25.7. The molecular weight excluding hydrogens is 450 g/mol. The number of imidazole rings is 1. The molecule has 4 aromatic rings. The van der Waals surface area contributed by atoms with Crippen molar-refractivity contribution in [1.29, 1.82) is 0 Å². The molecule has 0 aliphatic rings. The summed E-state index contributed by atoms with van der Waals surface area (Å²) in [7, 11) is 0. The molecule has 0 radical (unpaired) electrons. The number of carbonyl (C=O) groups is 1. The van der Waals surface area contributed by atoms with Crippen molar-refractivity contribution in [3.63, 3.8) is 0 Å². The van der Waals surface area contributed by atoms with Gasteiger partial charge in [0.05, 0.1) is 11.9 Å². The van der Waals surface area contributed by atoms with Gasteiger partial charge in [0.15, 0.2) is 0 Å². The molecule has 1 aromatic heterocycles. The van der Waals surface area contributed by atoms with Crippen LogP contribution in [0.25, 0.3) is 0 Å². The minimum atomic E-state index is -0.826. The highest BCUT2D eigenvalue weighted by Gasteiger charge is 2.30. The third-order valence-electron chi connectivity index (χ3n) is 5.66. The van der Waals surface area contributed by atoms with Crippen LogP contribution in [-0.4, -0.2) is 26.5 Å². The van der Waals surface area contributed by atoms with Crippen molar-refractivity contribution in [2.75, 3.05) is 0 Å². The molecular formula is C30H31N3O3. The summed E-state index contributed by atoms with van der Waals surface area (Å²) in [6.45, 7) is 7.27. The number of carbonyl (C=O) groups excluding carboxylic acids is 1. The zero-order valence-corrected chi connectivity index (χ0v) is 21.1. The lowest BCUT2D eigenvalue weighted by atomic mass is 10.0. The van der Waals surface area contributed by atoms with Crippen LogP contribution >= 0.6 is 0 Å². The minimum Gasteiger partial charge on any atom is -0.458 e. The number of aryl methyl sites for hydroxylation is 1. The number of nitrogens with zero attached hydrogens (tertiary/aromatic N) is 3. The predicted molar refractivity (Wildman–Crippen MR) is 142 cm³/mol. The van der Waals surface area contributed by atoms with Gasteiger partial charge in [0.1, 0.15) is 11.6 Å². The number of hydrogen-bond acceptors (Lipinski definition) is 4. The van der Waals surface area contributed by atoms with Crippen LogP contribution in [0.15, 0.2) is 107 Å². The van der Waals surface area contributed by atoms with Crippen LogP contribution in [0, 0.1) is 6.92 Å². The Hall–Kier alpha value is -4.19. The van der Waals surface area contributed by atoms with Crippen molar-refractivity contribution in [2.24, 2.45) is 5.10 Å². The van der Waals surface area contributed by atoms with Gasteiger partial charge < -0.3 is 4.74 Å². The lowest BCUT2D eigenvalue weighted by Crippen LogP contribution is -2.37. The second kappa shape index (κ2) is 10.6. The number of aromatic nitrogens is 2. The zero-order valence-electron chi connectivity index (χ0n) is 21.1. The molecule has 0 saturated heterocycles. The largest absolute Gasteiger partial charge is 0.458 e. The van der Waals surface area contributed by atoms with E-state index in [-0.39, 0.29) is 0 Å². The number of esters is 1. The van der Waals surface area contributed by atoms with Gasteiger partial charge in [0.25, 0.3) is 0 Å². The van der Waals surface area contributed by atoms with Gasteiger partial charge in [0.2, 0.25) is 0 Å². The van der Waals surface area contributed by atoms with Gasteiger partial charge >= 0.3 is 11.7 Å². The number of hydrogen-bond donors (Lipinski definition) is 0. The maximum absolute atomic E-state index is 13.7. The molecule has 0 aliphatic heterocycles. The van der Waals surface area contributed by atoms with Crippen molar-refractivity contribution in [3.8, 4) is 0 Å². The highest BCUT2D eigenvalue weighted by Crippen LogP contribution is 2.21. The van der Waals surface area contributed by atoms with Gasteiger partial charge in [-0.1, -0.05) is 91.0 Å². The quantitative estimate of drug-likeness (QED) is 0.263. The molecule has 0 bridgehead atoms. The van der Waals surface area contributed by atoms with Crippen LogP contribution in [0.5, 0.6) is 0 Å². The Morgan fingerprint density at radius 2 is 1.36 bits per heavy atom. The van der Waals surface area contributed by atoms with Crippen molar-refractivity contribution in [3.05, 3.63) is 130 Å². The van der Waals surface area contributed by atoms with Gasteiger partial charge in [0, 0.05) is 23.2 Å². The molecule has 1 atom stereocenters. The molecule has 0 N–H and O–H groups in total. The van der Waals surface area contributed by atoms with Crippen LogP contribution < -0.4 is 5.69 Å². The average Bonchev–Trinajstić information content (AvgIpc) is 3.14. The van der Waals surface area contributed by atoms with E-state index in [9.17, 15) is 9.59 Å². The summed E-state index contributed by atoms with van der Waals surface area (Å²) >= 11 is 0. The molecule has 36 heavy (non-hydrogen) atoms. The molecule has 6 heteroatoms. The summed E-state index contributed by atoms with van der Waals surface area (Å²) in [5.74, 6) is -0.454. The molecule has 0 fully saturated rings. The fraction of sp³-hybridized carbons (Fsp3) is 0.233. The Labute approximate surface area is 211 Å². The Kier molecular flexibility index (Phi) is 7.34. The van der Waals surface area contributed by atoms with E-state index in [2.05, 4.69) is 0 Å². The Balaban J connectivity index is 1.82. The summed E-state index contributed by atoms with van der Waals surface area (Å²) in [4.78, 5) is 27.0. The van der Waals surface area contributed by atoms with Gasteiger partial charge in [-0.15, -0.1) is 0 Å². The van der Waals surface area contributed by atoms with E-state index in [0.717, 1.165) is 16.7 Å². The lowest BCUT2D eigenvalue weighted by Gasteiger charge is -2.25. The Bertz CT molecular complexity index is 1360. The van der Waals surface area contributed by atoms with E-state index >= 15 is 0 Å². The molecule has 6 nitrogen and oxygen atoms in total. The Morgan fingerprint density at radius 3 is 1.86 bits per heavy atom. The molecule has 0 aliphatic carbocycles. The SMILES string of the molecule is Cc1cn(N=C(c2ccccc2)c2ccccc2)c(=O)n1[C@H](Cc1ccccc1)C(=O)OC(C)(C)C. The highest BCUT2D eigenvalue weighted by atomic mass is 16.6. The van der Waals surface area contributed by atoms with Crippen molar-refractivity contribution < 1.29 is 9.53 Å². The normalized spacial score (nSPS) is 12.1. The summed E-state index contributed by atoms with van der Waals surface area (Å²) in [5.41, 5.74) is 2.90. The molecule has 0 amide bonds. The molecule has 1 heterocycles. The van der Waals surface area contributed by atoms with E-state index in [1.807, 2.05) is 112 Å². The third kappa shape index (κ3) is 5.89. The summed E-state index contributed by atoms with van der Waals surface area (Å²) in [5, 5.41) is 4.75. The Morgan fingerprint density at radius 1 is 0.861 bits per heavy atom. The lowest BCUT2D eigenvalue weighted by molar-refractivity contribution is -0.159. The van der Waals surface area contributed by atoms with Gasteiger partial charge in [-0.05, 0) is 33.3 Å². The maximum Gasteiger partial charge on any atom is 0.349 e. The first kappa shape index (κ1) is 24.9. The smallest absolute Gasteiger partial charge is 0.349 e. The number of ether oxygens (including phenoxy) is 1. The first-order valence-electron chi connectivity index (χ1n) is 12.0. The van der Waals surface area contributed by atoms with Gasteiger partial charge in [-0.25, -0.2) is 9.59 Å². The van der Waals surface area contributed by atoms with E-state index in [0.29, 0.717) is 17.8 Å². The second-order valence-corrected chi connectivity index (χ2v) is 9.69. The standard InChI is InChI=1S/C30H31N3O3/c1-22-21-32(31-27(24-16-10-6-11-17-24)25-18-12-7-13-19-25)29(35)33(22)26(28(34)36-30(2,3)4)20-23-14-8-5-9-15-23/h5-19,21,26H,20H2,1-4H3/t26-/m1/s1. The van der Waals surface area contributed by atoms with E-state index < -0.39 is 23.3 Å². The summed E-state index contributed by atoms with van der Waals surface area (Å²) in [6, 6.07) is 28.3. The minimum absolute atomic E-state index is 0.328. The van der Waals surface area contributed by atoms with Crippen LogP contribution in [0.4, 0.5) is 0 Å². The highest BCUT2D eigenvalue weighted by molar-refractivity contribution is 6.12. The van der Waals surface area contributed by atoms with Crippen molar-refractivity contribution >= 4 is 11.7 Å². The molecule has 0 saturated carbocycles. The van der Waals surface area contributed by atoms with Gasteiger partial charge in [-0.2, -0.15) is 9.78 Å².